The normalized spacial score (nSPS) is 19.8. The van der Waals surface area contributed by atoms with E-state index >= 15 is 0 Å². The number of ether oxygens (including phenoxy) is 1. The first-order valence-electron chi connectivity index (χ1n) is 8.94. The van der Waals surface area contributed by atoms with Crippen molar-refractivity contribution in [2.45, 2.75) is 38.0 Å². The zero-order valence-corrected chi connectivity index (χ0v) is 15.6. The number of hydrogen-bond donors (Lipinski definition) is 1. The predicted molar refractivity (Wildman–Crippen MR) is 102 cm³/mol. The van der Waals surface area contributed by atoms with Crippen LogP contribution in [0.2, 0.25) is 5.02 Å². The quantitative estimate of drug-likeness (QED) is 0.718. The van der Waals surface area contributed by atoms with Crippen LogP contribution in [0.15, 0.2) is 42.5 Å². The number of halogens is 2. The second-order valence-corrected chi connectivity index (χ2v) is 7.28. The fourth-order valence-electron chi connectivity index (χ4n) is 3.64. The van der Waals surface area contributed by atoms with Gasteiger partial charge in [0, 0.05) is 12.1 Å². The molecule has 5 heteroatoms. The number of rotatable bonds is 5. The molecule has 2 aromatic rings. The summed E-state index contributed by atoms with van der Waals surface area (Å²) in [5, 5.41) is 3.49. The third-order valence-electron chi connectivity index (χ3n) is 5.10. The molecule has 3 rings (SSSR count). The van der Waals surface area contributed by atoms with Gasteiger partial charge < -0.3 is 10.1 Å². The molecule has 26 heavy (non-hydrogen) atoms. The summed E-state index contributed by atoms with van der Waals surface area (Å²) in [6.45, 7) is 0. The van der Waals surface area contributed by atoms with Gasteiger partial charge in [0.25, 0.3) is 0 Å². The topological polar surface area (TPSA) is 38.3 Å². The van der Waals surface area contributed by atoms with Crippen LogP contribution < -0.4 is 10.1 Å². The van der Waals surface area contributed by atoms with Crippen LogP contribution in [0, 0.1) is 11.7 Å². The summed E-state index contributed by atoms with van der Waals surface area (Å²) in [5.41, 5.74) is 1.88. The number of anilines is 1. The highest BCUT2D eigenvalue weighted by Gasteiger charge is 2.24. The van der Waals surface area contributed by atoms with E-state index in [1.165, 1.54) is 17.7 Å². The minimum absolute atomic E-state index is 0.00690. The Kier molecular flexibility index (Phi) is 6.15. The Balaban J connectivity index is 1.49. The van der Waals surface area contributed by atoms with Gasteiger partial charge in [-0.15, -0.1) is 0 Å². The van der Waals surface area contributed by atoms with E-state index in [0.29, 0.717) is 34.7 Å². The minimum atomic E-state index is -0.306. The highest BCUT2D eigenvalue weighted by Crippen LogP contribution is 2.39. The van der Waals surface area contributed by atoms with Crippen molar-refractivity contribution in [1.29, 1.82) is 0 Å². The molecule has 0 aliphatic heterocycles. The summed E-state index contributed by atoms with van der Waals surface area (Å²) in [7, 11) is 1.61. The van der Waals surface area contributed by atoms with Crippen molar-refractivity contribution >= 4 is 23.2 Å². The van der Waals surface area contributed by atoms with Crippen LogP contribution in [0.25, 0.3) is 0 Å². The molecule has 0 saturated heterocycles. The first kappa shape index (κ1) is 18.7. The zero-order valence-electron chi connectivity index (χ0n) is 14.8. The molecular weight excluding hydrogens is 353 g/mol. The van der Waals surface area contributed by atoms with E-state index in [0.717, 1.165) is 25.7 Å². The molecule has 1 aliphatic rings. The van der Waals surface area contributed by atoms with Crippen molar-refractivity contribution in [1.82, 2.24) is 0 Å². The van der Waals surface area contributed by atoms with Gasteiger partial charge in [-0.1, -0.05) is 17.7 Å². The summed E-state index contributed by atoms with van der Waals surface area (Å²) in [6, 6.07) is 11.8. The van der Waals surface area contributed by atoms with E-state index in [9.17, 15) is 9.18 Å². The van der Waals surface area contributed by atoms with E-state index in [1.54, 1.807) is 19.2 Å². The fourth-order valence-corrected chi connectivity index (χ4v) is 3.91. The zero-order chi connectivity index (χ0) is 18.5. The Morgan fingerprint density at radius 3 is 2.46 bits per heavy atom. The Hall–Kier alpha value is -2.07. The van der Waals surface area contributed by atoms with Crippen LogP contribution >= 0.6 is 11.6 Å². The van der Waals surface area contributed by atoms with E-state index in [2.05, 4.69) is 11.4 Å². The van der Waals surface area contributed by atoms with Crippen molar-refractivity contribution in [3.63, 3.8) is 0 Å². The third kappa shape index (κ3) is 4.76. The molecule has 1 N–H and O–H groups in total. The van der Waals surface area contributed by atoms with Gasteiger partial charge >= 0.3 is 0 Å². The summed E-state index contributed by atoms with van der Waals surface area (Å²) >= 11 is 6.23. The number of methoxy groups -OCH3 is 1. The molecule has 1 aliphatic carbocycles. The SMILES string of the molecule is COc1ccc([C@H]2CC[C@H](CC(=O)Nc3ccc(F)cc3)CC2)cc1Cl. The molecule has 0 atom stereocenters. The van der Waals surface area contributed by atoms with E-state index in [4.69, 9.17) is 16.3 Å². The average Bonchev–Trinajstić information content (AvgIpc) is 2.64. The third-order valence-corrected chi connectivity index (χ3v) is 5.39. The Morgan fingerprint density at radius 2 is 1.85 bits per heavy atom. The van der Waals surface area contributed by atoms with Crippen molar-refractivity contribution in [2.75, 3.05) is 12.4 Å². The number of hydrogen-bond acceptors (Lipinski definition) is 2. The van der Waals surface area contributed by atoms with Gasteiger partial charge in [-0.05, 0) is 79.5 Å². The second-order valence-electron chi connectivity index (χ2n) is 6.87. The molecule has 0 heterocycles. The highest BCUT2D eigenvalue weighted by atomic mass is 35.5. The maximum Gasteiger partial charge on any atom is 0.224 e. The number of benzene rings is 2. The molecule has 0 radical (unpaired) electrons. The van der Waals surface area contributed by atoms with Gasteiger partial charge in [0.05, 0.1) is 12.1 Å². The Bertz CT molecular complexity index is 755. The van der Waals surface area contributed by atoms with Crippen molar-refractivity contribution in [3.8, 4) is 5.75 Å². The lowest BCUT2D eigenvalue weighted by atomic mass is 9.77. The molecule has 2 aromatic carbocycles. The largest absolute Gasteiger partial charge is 0.495 e. The van der Waals surface area contributed by atoms with Gasteiger partial charge in [-0.25, -0.2) is 4.39 Å². The van der Waals surface area contributed by atoms with Crippen LogP contribution in [0.4, 0.5) is 10.1 Å². The van der Waals surface area contributed by atoms with Gasteiger partial charge in [0.2, 0.25) is 5.91 Å². The van der Waals surface area contributed by atoms with Gasteiger partial charge in [-0.3, -0.25) is 4.79 Å². The number of carbonyl (C=O) groups is 1. The minimum Gasteiger partial charge on any atom is -0.495 e. The molecule has 1 saturated carbocycles. The Morgan fingerprint density at radius 1 is 1.15 bits per heavy atom. The standard InChI is InChI=1S/C21H23ClFNO2/c1-26-20-11-6-16(13-19(20)22)15-4-2-14(3-5-15)12-21(25)24-18-9-7-17(23)8-10-18/h6-11,13-15H,2-5,12H2,1H3,(H,24,25)/t14-,15-. The molecular formula is C21H23ClFNO2. The molecule has 1 amide bonds. The Labute approximate surface area is 158 Å². The van der Waals surface area contributed by atoms with Gasteiger partial charge in [0.15, 0.2) is 0 Å². The maximum absolute atomic E-state index is 12.9. The van der Waals surface area contributed by atoms with Crippen LogP contribution in [-0.2, 0) is 4.79 Å². The maximum atomic E-state index is 12.9. The predicted octanol–water partition coefficient (Wildman–Crippen LogP) is 5.79. The highest BCUT2D eigenvalue weighted by molar-refractivity contribution is 6.32. The summed E-state index contributed by atoms with van der Waals surface area (Å²) in [5.74, 6) is 1.25. The van der Waals surface area contributed by atoms with E-state index in [-0.39, 0.29) is 11.7 Å². The second kappa shape index (κ2) is 8.54. The number of amides is 1. The molecule has 0 aromatic heterocycles. The first-order chi connectivity index (χ1) is 12.5. The number of carbonyl (C=O) groups excluding carboxylic acids is 1. The van der Waals surface area contributed by atoms with Gasteiger partial charge in [-0.2, -0.15) is 0 Å². The van der Waals surface area contributed by atoms with Crippen molar-refractivity contribution < 1.29 is 13.9 Å². The average molecular weight is 376 g/mol. The van der Waals surface area contributed by atoms with Crippen LogP contribution in [-0.4, -0.2) is 13.0 Å². The lowest BCUT2D eigenvalue weighted by molar-refractivity contribution is -0.117. The molecule has 0 bridgehead atoms. The summed E-state index contributed by atoms with van der Waals surface area (Å²) < 4.78 is 18.1. The summed E-state index contributed by atoms with van der Waals surface area (Å²) in [6.07, 6.45) is 4.65. The molecule has 0 spiro atoms. The van der Waals surface area contributed by atoms with E-state index < -0.39 is 0 Å². The van der Waals surface area contributed by atoms with Gasteiger partial charge in [0.1, 0.15) is 11.6 Å². The fraction of sp³-hybridized carbons (Fsp3) is 0.381. The first-order valence-corrected chi connectivity index (χ1v) is 9.32. The molecule has 138 valence electrons. The molecule has 1 fully saturated rings. The van der Waals surface area contributed by atoms with Crippen LogP contribution in [0.5, 0.6) is 5.75 Å². The monoisotopic (exact) mass is 375 g/mol. The molecule has 0 unspecified atom stereocenters. The molecule has 3 nitrogen and oxygen atoms in total. The lowest BCUT2D eigenvalue weighted by Crippen LogP contribution is -2.20. The van der Waals surface area contributed by atoms with Crippen LogP contribution in [0.3, 0.4) is 0 Å². The summed E-state index contributed by atoms with van der Waals surface area (Å²) in [4.78, 5) is 12.2. The number of nitrogens with one attached hydrogen (secondary N) is 1. The lowest BCUT2D eigenvalue weighted by Gasteiger charge is -2.28. The smallest absolute Gasteiger partial charge is 0.224 e. The van der Waals surface area contributed by atoms with E-state index in [1.807, 2.05) is 12.1 Å². The van der Waals surface area contributed by atoms with Crippen molar-refractivity contribution in [2.24, 2.45) is 5.92 Å². The van der Waals surface area contributed by atoms with Crippen molar-refractivity contribution in [3.05, 3.63) is 58.9 Å². The van der Waals surface area contributed by atoms with Crippen LogP contribution in [0.1, 0.15) is 43.6 Å².